The van der Waals surface area contributed by atoms with E-state index in [9.17, 15) is 13.2 Å². The molecule has 1 fully saturated rings. The third kappa shape index (κ3) is 3.67. The number of amides is 1. The minimum Gasteiger partial charge on any atom is -0.407 e. The van der Waals surface area contributed by atoms with Gasteiger partial charge in [0.25, 0.3) is 5.89 Å². The molecule has 0 N–H and O–H groups in total. The molecule has 3 heterocycles. The van der Waals surface area contributed by atoms with Gasteiger partial charge in [0.1, 0.15) is 5.75 Å². The van der Waals surface area contributed by atoms with Crippen LogP contribution in [-0.4, -0.2) is 48.3 Å². The molecule has 0 aliphatic carbocycles. The summed E-state index contributed by atoms with van der Waals surface area (Å²) < 4.78 is 30.0. The zero-order valence-electron chi connectivity index (χ0n) is 13.5. The molecular formula is C15H19N3O4S2. The normalized spacial score (nSPS) is 21.8. The zero-order chi connectivity index (χ0) is 17.3. The molecule has 2 atom stereocenters. The average molecular weight is 369 g/mol. The summed E-state index contributed by atoms with van der Waals surface area (Å²) in [6.45, 7) is 5.30. The Morgan fingerprint density at radius 2 is 2.04 bits per heavy atom. The monoisotopic (exact) mass is 369 g/mol. The maximum absolute atomic E-state index is 12.4. The molecule has 130 valence electrons. The highest BCUT2D eigenvalue weighted by atomic mass is 32.2. The summed E-state index contributed by atoms with van der Waals surface area (Å²) >= 11 is 1.37. The molecule has 0 saturated carbocycles. The van der Waals surface area contributed by atoms with Crippen LogP contribution in [-0.2, 0) is 14.6 Å². The molecule has 0 radical (unpaired) electrons. The number of rotatable bonds is 4. The van der Waals surface area contributed by atoms with Crippen LogP contribution in [0.25, 0.3) is 10.8 Å². The largest absolute Gasteiger partial charge is 0.407 e. The van der Waals surface area contributed by atoms with E-state index in [-0.39, 0.29) is 5.89 Å². The average Bonchev–Trinajstić information content (AvgIpc) is 3.17. The van der Waals surface area contributed by atoms with Gasteiger partial charge in [-0.3, -0.25) is 4.79 Å². The standard InChI is InChI=1S/C15H19N3O4S2/c1-10-6-11(2)8-18(7-10)13(19)9-24(20,21)15-17-16-14(22-15)12-4-3-5-23-12/h3-5,10-11H,6-9H2,1-2H3. The third-order valence-electron chi connectivity index (χ3n) is 3.94. The molecule has 2 unspecified atom stereocenters. The van der Waals surface area contributed by atoms with E-state index in [1.165, 1.54) is 11.3 Å². The Hall–Kier alpha value is -1.74. The Morgan fingerprint density at radius 3 is 2.67 bits per heavy atom. The van der Waals surface area contributed by atoms with Crippen LogP contribution in [0.15, 0.2) is 27.2 Å². The van der Waals surface area contributed by atoms with Crippen LogP contribution in [0.1, 0.15) is 20.3 Å². The highest BCUT2D eigenvalue weighted by molar-refractivity contribution is 7.91. The number of hydrogen-bond acceptors (Lipinski definition) is 7. The summed E-state index contributed by atoms with van der Waals surface area (Å²) in [4.78, 5) is 14.7. The van der Waals surface area contributed by atoms with Gasteiger partial charge in [0.2, 0.25) is 15.7 Å². The first-order valence-electron chi connectivity index (χ1n) is 7.73. The quantitative estimate of drug-likeness (QED) is 0.819. The van der Waals surface area contributed by atoms with Crippen molar-refractivity contribution >= 4 is 27.1 Å². The molecule has 1 aliphatic heterocycles. The fourth-order valence-electron chi connectivity index (χ4n) is 3.02. The highest BCUT2D eigenvalue weighted by Crippen LogP contribution is 2.25. The van der Waals surface area contributed by atoms with Crippen molar-refractivity contribution in [1.29, 1.82) is 0 Å². The van der Waals surface area contributed by atoms with Crippen LogP contribution in [0.3, 0.4) is 0 Å². The predicted octanol–water partition coefficient (Wildman–Crippen LogP) is 2.08. The first kappa shape index (κ1) is 17.1. The number of sulfone groups is 1. The van der Waals surface area contributed by atoms with Gasteiger partial charge in [-0.2, -0.15) is 0 Å². The Balaban J connectivity index is 1.73. The molecule has 3 rings (SSSR count). The first-order valence-corrected chi connectivity index (χ1v) is 10.3. The molecular weight excluding hydrogens is 350 g/mol. The van der Waals surface area contributed by atoms with Gasteiger partial charge in [0.05, 0.1) is 4.88 Å². The Morgan fingerprint density at radius 1 is 1.33 bits per heavy atom. The van der Waals surface area contributed by atoms with Crippen molar-refractivity contribution in [2.24, 2.45) is 11.8 Å². The smallest absolute Gasteiger partial charge is 0.336 e. The molecule has 1 saturated heterocycles. The van der Waals surface area contributed by atoms with Crippen molar-refractivity contribution < 1.29 is 17.6 Å². The molecule has 9 heteroatoms. The Bertz CT molecular complexity index is 804. The lowest BCUT2D eigenvalue weighted by Crippen LogP contribution is -2.44. The van der Waals surface area contributed by atoms with Crippen molar-refractivity contribution in [3.63, 3.8) is 0 Å². The number of carbonyl (C=O) groups excluding carboxylic acids is 1. The van der Waals surface area contributed by atoms with E-state index in [1.807, 2.05) is 5.38 Å². The van der Waals surface area contributed by atoms with Crippen LogP contribution in [0.4, 0.5) is 0 Å². The minimum atomic E-state index is -3.94. The van der Waals surface area contributed by atoms with Gasteiger partial charge in [-0.1, -0.05) is 25.0 Å². The third-order valence-corrected chi connectivity index (χ3v) is 6.12. The van der Waals surface area contributed by atoms with Gasteiger partial charge in [0, 0.05) is 13.1 Å². The van der Waals surface area contributed by atoms with E-state index in [0.717, 1.165) is 6.42 Å². The lowest BCUT2D eigenvalue weighted by atomic mass is 9.92. The molecule has 0 bridgehead atoms. The summed E-state index contributed by atoms with van der Waals surface area (Å²) in [6.07, 6.45) is 1.05. The van der Waals surface area contributed by atoms with E-state index in [1.54, 1.807) is 17.0 Å². The molecule has 24 heavy (non-hydrogen) atoms. The fraction of sp³-hybridized carbons (Fsp3) is 0.533. The second-order valence-electron chi connectivity index (χ2n) is 6.35. The molecule has 1 amide bonds. The molecule has 0 spiro atoms. The predicted molar refractivity (Wildman–Crippen MR) is 89.2 cm³/mol. The van der Waals surface area contributed by atoms with Gasteiger partial charge in [-0.15, -0.1) is 16.4 Å². The lowest BCUT2D eigenvalue weighted by Gasteiger charge is -2.34. The van der Waals surface area contributed by atoms with Gasteiger partial charge >= 0.3 is 5.22 Å². The minimum absolute atomic E-state index is 0.149. The first-order chi connectivity index (χ1) is 11.3. The van der Waals surface area contributed by atoms with E-state index in [0.29, 0.717) is 29.8 Å². The SMILES string of the molecule is CC1CC(C)CN(C(=O)CS(=O)(=O)c2nnc(-c3cccs3)o2)C1. The number of piperidine rings is 1. The van der Waals surface area contributed by atoms with Crippen LogP contribution < -0.4 is 0 Å². The zero-order valence-corrected chi connectivity index (χ0v) is 15.1. The van der Waals surface area contributed by atoms with E-state index in [4.69, 9.17) is 4.42 Å². The van der Waals surface area contributed by atoms with Crippen LogP contribution in [0.2, 0.25) is 0 Å². The van der Waals surface area contributed by atoms with Gasteiger partial charge in [-0.05, 0) is 29.7 Å². The second kappa shape index (κ2) is 6.64. The maximum atomic E-state index is 12.4. The summed E-state index contributed by atoms with van der Waals surface area (Å²) in [6, 6.07) is 3.57. The molecule has 2 aromatic heterocycles. The van der Waals surface area contributed by atoms with Crippen molar-refractivity contribution in [2.45, 2.75) is 25.5 Å². The van der Waals surface area contributed by atoms with Gasteiger partial charge < -0.3 is 9.32 Å². The second-order valence-corrected chi connectivity index (χ2v) is 9.17. The van der Waals surface area contributed by atoms with Crippen molar-refractivity contribution in [2.75, 3.05) is 18.8 Å². The summed E-state index contributed by atoms with van der Waals surface area (Å²) in [5.74, 6) is -0.164. The van der Waals surface area contributed by atoms with Gasteiger partial charge in [0.15, 0.2) is 0 Å². The molecule has 2 aromatic rings. The van der Waals surface area contributed by atoms with E-state index < -0.39 is 26.7 Å². The van der Waals surface area contributed by atoms with Crippen molar-refractivity contribution in [3.05, 3.63) is 17.5 Å². The van der Waals surface area contributed by atoms with Gasteiger partial charge in [-0.25, -0.2) is 8.42 Å². The number of nitrogens with zero attached hydrogens (tertiary/aromatic N) is 3. The number of hydrogen-bond donors (Lipinski definition) is 0. The van der Waals surface area contributed by atoms with Crippen LogP contribution in [0.5, 0.6) is 0 Å². The fourth-order valence-corrected chi connectivity index (χ4v) is 4.66. The van der Waals surface area contributed by atoms with Crippen LogP contribution >= 0.6 is 11.3 Å². The molecule has 0 aromatic carbocycles. The number of likely N-dealkylation sites (tertiary alicyclic amines) is 1. The Kier molecular flexibility index (Phi) is 4.73. The molecule has 1 aliphatic rings. The maximum Gasteiger partial charge on any atom is 0.336 e. The summed E-state index contributed by atoms with van der Waals surface area (Å²) in [7, 11) is -3.94. The van der Waals surface area contributed by atoms with E-state index >= 15 is 0 Å². The lowest BCUT2D eigenvalue weighted by molar-refractivity contribution is -0.131. The number of aromatic nitrogens is 2. The van der Waals surface area contributed by atoms with Crippen LogP contribution in [0, 0.1) is 11.8 Å². The topological polar surface area (TPSA) is 93.4 Å². The number of thiophene rings is 1. The highest BCUT2D eigenvalue weighted by Gasteiger charge is 2.32. The summed E-state index contributed by atoms with van der Waals surface area (Å²) in [5, 5.41) is 8.69. The number of carbonyl (C=O) groups is 1. The van der Waals surface area contributed by atoms with Crippen molar-refractivity contribution in [1.82, 2.24) is 15.1 Å². The summed E-state index contributed by atoms with van der Waals surface area (Å²) in [5.41, 5.74) is 0. The van der Waals surface area contributed by atoms with Crippen molar-refractivity contribution in [3.8, 4) is 10.8 Å². The molecule has 7 nitrogen and oxygen atoms in total. The van der Waals surface area contributed by atoms with E-state index in [2.05, 4.69) is 24.0 Å². The Labute approximate surface area is 144 Å².